The molecular formula is C15H15FN4O. The molecule has 0 aliphatic carbocycles. The molecule has 0 aliphatic rings. The fraction of sp³-hybridized carbons (Fsp3) is 0.267. The molecule has 0 unspecified atom stereocenters. The van der Waals surface area contributed by atoms with Gasteiger partial charge < -0.3 is 10.1 Å². The van der Waals surface area contributed by atoms with Crippen LogP contribution in [-0.2, 0) is 0 Å². The van der Waals surface area contributed by atoms with Crippen molar-refractivity contribution >= 4 is 5.82 Å². The summed E-state index contributed by atoms with van der Waals surface area (Å²) in [4.78, 5) is 8.21. The number of nitrogens with one attached hydrogen (secondary N) is 1. The number of ether oxygens (including phenoxy) is 1. The molecule has 0 bridgehead atoms. The van der Waals surface area contributed by atoms with Crippen LogP contribution in [0.25, 0.3) is 0 Å². The summed E-state index contributed by atoms with van der Waals surface area (Å²) in [6.07, 6.45) is 1.36. The Hall–Kier alpha value is -2.68. The average molecular weight is 286 g/mol. The summed E-state index contributed by atoms with van der Waals surface area (Å²) >= 11 is 0. The molecular weight excluding hydrogens is 271 g/mol. The molecule has 2 aromatic rings. The van der Waals surface area contributed by atoms with E-state index in [1.165, 1.54) is 18.5 Å². The molecule has 1 aromatic heterocycles. The molecule has 1 N–H and O–H groups in total. The number of anilines is 1. The molecule has 1 aromatic carbocycles. The highest BCUT2D eigenvalue weighted by atomic mass is 19.1. The Morgan fingerprint density at radius 3 is 2.67 bits per heavy atom. The van der Waals surface area contributed by atoms with Gasteiger partial charge in [0.1, 0.15) is 12.1 Å². The minimum atomic E-state index is -0.603. The second kappa shape index (κ2) is 6.18. The Bertz CT molecular complexity index is 695. The van der Waals surface area contributed by atoms with Gasteiger partial charge >= 0.3 is 0 Å². The third-order valence-corrected chi connectivity index (χ3v) is 2.93. The monoisotopic (exact) mass is 286 g/mol. The summed E-state index contributed by atoms with van der Waals surface area (Å²) < 4.78 is 19.5. The fourth-order valence-electron chi connectivity index (χ4n) is 1.94. The Morgan fingerprint density at radius 2 is 2.10 bits per heavy atom. The first-order valence-electron chi connectivity index (χ1n) is 6.47. The van der Waals surface area contributed by atoms with Crippen molar-refractivity contribution in [1.82, 2.24) is 9.97 Å². The van der Waals surface area contributed by atoms with Gasteiger partial charge in [0.2, 0.25) is 5.88 Å². The third kappa shape index (κ3) is 3.08. The predicted octanol–water partition coefficient (Wildman–Crippen LogP) is 3.44. The number of rotatable bonds is 4. The maximum absolute atomic E-state index is 13.9. The van der Waals surface area contributed by atoms with Gasteiger partial charge in [0.05, 0.1) is 17.2 Å². The van der Waals surface area contributed by atoms with Gasteiger partial charge in [-0.05, 0) is 24.1 Å². The Labute approximate surface area is 122 Å². The highest BCUT2D eigenvalue weighted by molar-refractivity contribution is 5.51. The van der Waals surface area contributed by atoms with E-state index in [0.29, 0.717) is 11.7 Å². The summed E-state index contributed by atoms with van der Waals surface area (Å²) in [5.41, 5.74) is 1.01. The van der Waals surface area contributed by atoms with Crippen LogP contribution < -0.4 is 10.1 Å². The zero-order chi connectivity index (χ0) is 15.4. The summed E-state index contributed by atoms with van der Waals surface area (Å²) in [6, 6.07) is 5.91. The smallest absolute Gasteiger partial charge is 0.228 e. The van der Waals surface area contributed by atoms with Gasteiger partial charge in [-0.1, -0.05) is 13.8 Å². The molecule has 0 amide bonds. The van der Waals surface area contributed by atoms with Gasteiger partial charge in [0.15, 0.2) is 11.6 Å². The first-order chi connectivity index (χ1) is 10.1. The maximum atomic E-state index is 13.9. The molecule has 0 aliphatic heterocycles. The molecule has 6 heteroatoms. The van der Waals surface area contributed by atoms with Crippen molar-refractivity contribution < 1.29 is 9.13 Å². The lowest BCUT2D eigenvalue weighted by Crippen LogP contribution is -2.05. The maximum Gasteiger partial charge on any atom is 0.228 e. The van der Waals surface area contributed by atoms with Gasteiger partial charge in [-0.25, -0.2) is 14.4 Å². The van der Waals surface area contributed by atoms with Gasteiger partial charge in [0.25, 0.3) is 0 Å². The van der Waals surface area contributed by atoms with E-state index in [2.05, 4.69) is 15.3 Å². The minimum absolute atomic E-state index is 0.0247. The van der Waals surface area contributed by atoms with Gasteiger partial charge in [-0.2, -0.15) is 5.26 Å². The van der Waals surface area contributed by atoms with E-state index in [4.69, 9.17) is 10.00 Å². The zero-order valence-corrected chi connectivity index (χ0v) is 12.0. The van der Waals surface area contributed by atoms with Crippen molar-refractivity contribution in [3.05, 3.63) is 41.5 Å². The number of halogens is 1. The number of hydrogen-bond donors (Lipinski definition) is 1. The Morgan fingerprint density at radius 1 is 1.33 bits per heavy atom. The second-order valence-electron chi connectivity index (χ2n) is 4.70. The van der Waals surface area contributed by atoms with Crippen LogP contribution in [0.3, 0.4) is 0 Å². The van der Waals surface area contributed by atoms with E-state index < -0.39 is 5.82 Å². The molecule has 2 rings (SSSR count). The van der Waals surface area contributed by atoms with Crippen molar-refractivity contribution in [2.45, 2.75) is 19.8 Å². The van der Waals surface area contributed by atoms with Crippen LogP contribution in [-0.4, -0.2) is 17.0 Å². The van der Waals surface area contributed by atoms with Crippen LogP contribution in [0, 0.1) is 17.1 Å². The molecule has 5 nitrogen and oxygen atoms in total. The normalized spacial score (nSPS) is 10.3. The summed E-state index contributed by atoms with van der Waals surface area (Å²) in [7, 11) is 1.75. The first-order valence-corrected chi connectivity index (χ1v) is 6.47. The first kappa shape index (κ1) is 14.7. The van der Waals surface area contributed by atoms with E-state index in [0.717, 1.165) is 11.6 Å². The third-order valence-electron chi connectivity index (χ3n) is 2.93. The molecule has 0 radical (unpaired) electrons. The lowest BCUT2D eigenvalue weighted by molar-refractivity contribution is 0.419. The van der Waals surface area contributed by atoms with Crippen molar-refractivity contribution in [1.29, 1.82) is 5.26 Å². The van der Waals surface area contributed by atoms with Crippen molar-refractivity contribution in [2.24, 2.45) is 0 Å². The van der Waals surface area contributed by atoms with Gasteiger partial charge in [-0.3, -0.25) is 0 Å². The largest absolute Gasteiger partial charge is 0.435 e. The van der Waals surface area contributed by atoms with E-state index in [9.17, 15) is 4.39 Å². The van der Waals surface area contributed by atoms with Crippen molar-refractivity contribution in [3.8, 4) is 17.7 Å². The minimum Gasteiger partial charge on any atom is -0.435 e. The van der Waals surface area contributed by atoms with Crippen molar-refractivity contribution in [2.75, 3.05) is 12.4 Å². The van der Waals surface area contributed by atoms with Crippen molar-refractivity contribution in [3.63, 3.8) is 0 Å². The quantitative estimate of drug-likeness (QED) is 0.932. The lowest BCUT2D eigenvalue weighted by atomic mass is 10.1. The van der Waals surface area contributed by atoms with Crippen LogP contribution in [0.15, 0.2) is 24.5 Å². The standard InChI is InChI=1S/C15H15FN4O/c1-9(2)13-14(18-3)19-8-20-15(13)21-12-5-4-10(7-17)6-11(12)16/h4-6,8-9H,1-3H3,(H,18,19,20). The fourth-order valence-corrected chi connectivity index (χ4v) is 1.94. The molecule has 0 fully saturated rings. The molecule has 0 saturated carbocycles. The summed E-state index contributed by atoms with van der Waals surface area (Å²) in [5, 5.41) is 11.7. The molecule has 0 spiro atoms. The van der Waals surface area contributed by atoms with Gasteiger partial charge in [-0.15, -0.1) is 0 Å². The topological polar surface area (TPSA) is 70.8 Å². The highest BCUT2D eigenvalue weighted by Crippen LogP contribution is 2.33. The molecule has 0 saturated heterocycles. The van der Waals surface area contributed by atoms with Crippen LogP contribution in [0.2, 0.25) is 0 Å². The van der Waals surface area contributed by atoms with E-state index in [1.807, 2.05) is 19.9 Å². The van der Waals surface area contributed by atoms with Crippen LogP contribution >= 0.6 is 0 Å². The highest BCUT2D eigenvalue weighted by Gasteiger charge is 2.17. The summed E-state index contributed by atoms with van der Waals surface area (Å²) in [6.45, 7) is 3.95. The Balaban J connectivity index is 2.43. The number of aromatic nitrogens is 2. The molecule has 0 atom stereocenters. The van der Waals surface area contributed by atoms with Crippen LogP contribution in [0.5, 0.6) is 11.6 Å². The molecule has 108 valence electrons. The zero-order valence-electron chi connectivity index (χ0n) is 12.0. The van der Waals surface area contributed by atoms with E-state index in [1.54, 1.807) is 7.05 Å². The van der Waals surface area contributed by atoms with E-state index in [-0.39, 0.29) is 17.2 Å². The van der Waals surface area contributed by atoms with Gasteiger partial charge in [0, 0.05) is 7.05 Å². The van der Waals surface area contributed by atoms with Crippen LogP contribution in [0.4, 0.5) is 10.2 Å². The number of nitriles is 1. The lowest BCUT2D eigenvalue weighted by Gasteiger charge is -2.15. The SMILES string of the molecule is CNc1ncnc(Oc2ccc(C#N)cc2F)c1C(C)C. The van der Waals surface area contributed by atoms with Crippen LogP contribution in [0.1, 0.15) is 30.9 Å². The number of nitrogens with zero attached hydrogens (tertiary/aromatic N) is 3. The molecule has 21 heavy (non-hydrogen) atoms. The second-order valence-corrected chi connectivity index (χ2v) is 4.70. The summed E-state index contributed by atoms with van der Waals surface area (Å²) in [5.74, 6) is 0.465. The number of benzene rings is 1. The molecule has 1 heterocycles. The number of hydrogen-bond acceptors (Lipinski definition) is 5. The average Bonchev–Trinajstić information content (AvgIpc) is 2.48. The van der Waals surface area contributed by atoms with E-state index >= 15 is 0 Å². The Kier molecular flexibility index (Phi) is 4.33. The predicted molar refractivity (Wildman–Crippen MR) is 76.9 cm³/mol.